The Bertz CT molecular complexity index is 430. The highest BCUT2D eigenvalue weighted by Crippen LogP contribution is 2.10. The summed E-state index contributed by atoms with van der Waals surface area (Å²) in [6, 6.07) is 8.01. The minimum absolute atomic E-state index is 0.0653. The molecule has 0 radical (unpaired) electrons. The van der Waals surface area contributed by atoms with E-state index in [9.17, 15) is 0 Å². The number of rotatable bonds is 2. The Labute approximate surface area is 98.8 Å². The molecule has 0 bridgehead atoms. The molecule has 16 heavy (non-hydrogen) atoms. The second kappa shape index (κ2) is 5.69. The zero-order chi connectivity index (χ0) is 12.0. The van der Waals surface area contributed by atoms with Crippen LogP contribution in [0, 0.1) is 11.5 Å². The molecule has 1 aromatic rings. The van der Waals surface area contributed by atoms with Crippen LogP contribution in [0.5, 0.6) is 0 Å². The molecule has 0 spiro atoms. The molecule has 84 valence electrons. The summed E-state index contributed by atoms with van der Waals surface area (Å²) in [5.41, 5.74) is 5.46. The molecule has 0 aliphatic carbocycles. The fourth-order valence-electron chi connectivity index (χ4n) is 1.19. The van der Waals surface area contributed by atoms with Gasteiger partial charge in [-0.05, 0) is 11.6 Å². The van der Waals surface area contributed by atoms with Crippen LogP contribution in [0.1, 0.15) is 11.1 Å². The fraction of sp³-hybridized carbons (Fsp3) is 0.286. The van der Waals surface area contributed by atoms with Crippen LogP contribution in [0.3, 0.4) is 0 Å². The van der Waals surface area contributed by atoms with Crippen LogP contribution in [0.25, 0.3) is 6.08 Å². The molecule has 0 fully saturated rings. The van der Waals surface area contributed by atoms with Crippen LogP contribution >= 0.6 is 0 Å². The monoisotopic (exact) mass is 230 g/mol. The quantitative estimate of drug-likeness (QED) is 0.612. The molecule has 0 aromatic heterocycles. The highest BCUT2D eigenvalue weighted by Gasteiger charge is 2.07. The van der Waals surface area contributed by atoms with Gasteiger partial charge in [-0.1, -0.05) is 55.9 Å². The number of benzene rings is 1. The zero-order valence-corrected chi connectivity index (χ0v) is 11.1. The molecule has 1 N–H and O–H groups in total. The van der Waals surface area contributed by atoms with E-state index in [1.54, 1.807) is 6.08 Å². The van der Waals surface area contributed by atoms with Gasteiger partial charge in [0.15, 0.2) is 0 Å². The molecule has 0 saturated heterocycles. The lowest BCUT2D eigenvalue weighted by Gasteiger charge is -2.04. The van der Waals surface area contributed by atoms with E-state index in [0.717, 1.165) is 11.1 Å². The van der Waals surface area contributed by atoms with Crippen molar-refractivity contribution in [3.05, 3.63) is 41.5 Å². The molecule has 1 aromatic carbocycles. The first kappa shape index (κ1) is 12.8. The molecule has 1 nitrogen and oxygen atoms in total. The third kappa shape index (κ3) is 4.48. The Hall–Kier alpha value is -1.30. The third-order valence-electron chi connectivity index (χ3n) is 1.94. The molecule has 0 saturated carbocycles. The molecule has 0 atom stereocenters. The summed E-state index contributed by atoms with van der Waals surface area (Å²) in [6.07, 6.45) is 3.64. The second-order valence-corrected chi connectivity index (χ2v) is 9.42. The molecule has 0 amide bonds. The minimum atomic E-state index is -1.33. The largest absolute Gasteiger partial charge is 0.392 e. The Balaban J connectivity index is 3.03. The number of aliphatic hydroxyl groups excluding tert-OH is 1. The smallest absolute Gasteiger partial charge is 0.129 e. The lowest BCUT2D eigenvalue weighted by Crippen LogP contribution is -2.16. The van der Waals surface area contributed by atoms with Crippen molar-refractivity contribution in [2.45, 2.75) is 19.6 Å². The third-order valence-corrected chi connectivity index (χ3v) is 2.81. The van der Waals surface area contributed by atoms with Crippen LogP contribution in [0.2, 0.25) is 19.6 Å². The van der Waals surface area contributed by atoms with Crippen molar-refractivity contribution < 1.29 is 5.11 Å². The summed E-state index contributed by atoms with van der Waals surface area (Å²) in [5.74, 6) is 3.24. The van der Waals surface area contributed by atoms with Gasteiger partial charge in [-0.25, -0.2) is 0 Å². The summed E-state index contributed by atoms with van der Waals surface area (Å²) >= 11 is 0. The van der Waals surface area contributed by atoms with Crippen molar-refractivity contribution in [3.8, 4) is 11.5 Å². The Kier molecular flexibility index (Phi) is 4.54. The highest BCUT2D eigenvalue weighted by atomic mass is 28.3. The van der Waals surface area contributed by atoms with Crippen LogP contribution in [-0.2, 0) is 0 Å². The van der Waals surface area contributed by atoms with E-state index in [1.807, 2.05) is 30.3 Å². The van der Waals surface area contributed by atoms with E-state index in [2.05, 4.69) is 31.1 Å². The minimum Gasteiger partial charge on any atom is -0.392 e. The molecule has 1 rings (SSSR count). The van der Waals surface area contributed by atoms with E-state index in [-0.39, 0.29) is 6.61 Å². The summed E-state index contributed by atoms with van der Waals surface area (Å²) in [6.45, 7) is 6.75. The van der Waals surface area contributed by atoms with Gasteiger partial charge in [-0.2, -0.15) is 0 Å². The summed E-state index contributed by atoms with van der Waals surface area (Å²) < 4.78 is 0. The average Bonchev–Trinajstić information content (AvgIpc) is 2.23. The molecular weight excluding hydrogens is 212 g/mol. The van der Waals surface area contributed by atoms with Crippen molar-refractivity contribution in [2.24, 2.45) is 0 Å². The standard InChI is InChI=1S/C14H18OSi/c1-16(2,3)12-10-14-8-5-4-7-13(14)9-6-11-15/h4-9,15H,11H2,1-3H3/b9-6+. The molecule has 2 heteroatoms. The summed E-state index contributed by atoms with van der Waals surface area (Å²) in [7, 11) is -1.33. The molecule has 0 unspecified atom stereocenters. The molecular formula is C14H18OSi. The maximum atomic E-state index is 8.76. The topological polar surface area (TPSA) is 20.2 Å². The van der Waals surface area contributed by atoms with Gasteiger partial charge in [0.2, 0.25) is 0 Å². The summed E-state index contributed by atoms with van der Waals surface area (Å²) in [4.78, 5) is 0. The molecule has 0 heterocycles. The van der Waals surface area contributed by atoms with E-state index >= 15 is 0 Å². The van der Waals surface area contributed by atoms with Crippen LogP contribution < -0.4 is 0 Å². The summed E-state index contributed by atoms with van der Waals surface area (Å²) in [5, 5.41) is 8.76. The van der Waals surface area contributed by atoms with E-state index in [4.69, 9.17) is 5.11 Å². The van der Waals surface area contributed by atoms with Crippen LogP contribution in [-0.4, -0.2) is 19.8 Å². The van der Waals surface area contributed by atoms with Gasteiger partial charge in [0.25, 0.3) is 0 Å². The average molecular weight is 230 g/mol. The van der Waals surface area contributed by atoms with E-state index < -0.39 is 8.07 Å². The Morgan fingerprint density at radius 1 is 1.25 bits per heavy atom. The first-order valence-corrected chi connectivity index (χ1v) is 8.92. The SMILES string of the molecule is C[Si](C)(C)C#Cc1ccccc1/C=C/CO. The maximum absolute atomic E-state index is 8.76. The van der Waals surface area contributed by atoms with Gasteiger partial charge >= 0.3 is 0 Å². The van der Waals surface area contributed by atoms with Crippen molar-refractivity contribution in [1.29, 1.82) is 0 Å². The van der Waals surface area contributed by atoms with Gasteiger partial charge < -0.3 is 5.11 Å². The molecule has 0 aliphatic rings. The zero-order valence-electron chi connectivity index (χ0n) is 10.1. The van der Waals surface area contributed by atoms with Crippen LogP contribution in [0.4, 0.5) is 0 Å². The Morgan fingerprint density at radius 2 is 1.94 bits per heavy atom. The van der Waals surface area contributed by atoms with Gasteiger partial charge in [0, 0.05) is 5.56 Å². The van der Waals surface area contributed by atoms with Gasteiger partial charge in [-0.15, -0.1) is 5.54 Å². The number of hydrogen-bond acceptors (Lipinski definition) is 1. The van der Waals surface area contributed by atoms with E-state index in [1.165, 1.54) is 0 Å². The Morgan fingerprint density at radius 3 is 2.56 bits per heavy atom. The maximum Gasteiger partial charge on any atom is 0.129 e. The predicted octanol–water partition coefficient (Wildman–Crippen LogP) is 2.92. The van der Waals surface area contributed by atoms with Crippen molar-refractivity contribution in [1.82, 2.24) is 0 Å². The highest BCUT2D eigenvalue weighted by molar-refractivity contribution is 6.83. The molecule has 0 aliphatic heterocycles. The van der Waals surface area contributed by atoms with Gasteiger partial charge in [-0.3, -0.25) is 0 Å². The lowest BCUT2D eigenvalue weighted by atomic mass is 10.1. The second-order valence-electron chi connectivity index (χ2n) is 4.67. The first-order chi connectivity index (χ1) is 7.53. The number of aliphatic hydroxyl groups is 1. The van der Waals surface area contributed by atoms with Crippen molar-refractivity contribution in [2.75, 3.05) is 6.61 Å². The predicted molar refractivity (Wildman–Crippen MR) is 72.8 cm³/mol. The number of hydrogen-bond donors (Lipinski definition) is 1. The van der Waals surface area contributed by atoms with Crippen LogP contribution in [0.15, 0.2) is 30.3 Å². The van der Waals surface area contributed by atoms with Gasteiger partial charge in [0.1, 0.15) is 8.07 Å². The first-order valence-electron chi connectivity index (χ1n) is 5.42. The van der Waals surface area contributed by atoms with E-state index in [0.29, 0.717) is 0 Å². The van der Waals surface area contributed by atoms with Crippen molar-refractivity contribution in [3.63, 3.8) is 0 Å². The van der Waals surface area contributed by atoms with Gasteiger partial charge in [0.05, 0.1) is 6.61 Å². The lowest BCUT2D eigenvalue weighted by molar-refractivity contribution is 0.343. The van der Waals surface area contributed by atoms with Crippen molar-refractivity contribution >= 4 is 14.1 Å². The fourth-order valence-corrected chi connectivity index (χ4v) is 1.70. The normalized spacial score (nSPS) is 11.2.